The second-order valence-electron chi connectivity index (χ2n) is 5.88. The van der Waals surface area contributed by atoms with E-state index in [4.69, 9.17) is 9.47 Å². The molecule has 0 saturated heterocycles. The number of hydrogen-bond acceptors (Lipinski definition) is 5. The number of ether oxygens (including phenoxy) is 2. The zero-order chi connectivity index (χ0) is 18.4. The molecule has 1 N–H and O–H groups in total. The number of rotatable bonds is 7. The van der Waals surface area contributed by atoms with Crippen LogP contribution in [0, 0.1) is 0 Å². The van der Waals surface area contributed by atoms with Gasteiger partial charge in [0.2, 0.25) is 0 Å². The molecule has 1 unspecified atom stereocenters. The molecular weight excluding hydrogens is 328 g/mol. The van der Waals surface area contributed by atoms with Gasteiger partial charge in [-0.3, -0.25) is 4.98 Å². The van der Waals surface area contributed by atoms with Gasteiger partial charge in [-0.1, -0.05) is 24.3 Å². The van der Waals surface area contributed by atoms with Crippen molar-refractivity contribution in [3.8, 4) is 5.75 Å². The number of methoxy groups -OCH3 is 1. The van der Waals surface area contributed by atoms with Gasteiger partial charge in [0.1, 0.15) is 11.8 Å². The zero-order valence-corrected chi connectivity index (χ0v) is 14.9. The first-order valence-corrected chi connectivity index (χ1v) is 8.61. The largest absolute Gasteiger partial charge is 0.497 e. The average molecular weight is 350 g/mol. The first-order chi connectivity index (χ1) is 12.7. The summed E-state index contributed by atoms with van der Waals surface area (Å²) in [6.45, 7) is 2.14. The van der Waals surface area contributed by atoms with Gasteiger partial charge >= 0.3 is 5.97 Å². The van der Waals surface area contributed by atoms with Crippen molar-refractivity contribution >= 4 is 22.6 Å². The molecule has 1 heterocycles. The van der Waals surface area contributed by atoms with Gasteiger partial charge in [0, 0.05) is 23.2 Å². The van der Waals surface area contributed by atoms with Crippen molar-refractivity contribution in [2.24, 2.45) is 0 Å². The first kappa shape index (κ1) is 17.7. The summed E-state index contributed by atoms with van der Waals surface area (Å²) in [6, 6.07) is 18.8. The maximum atomic E-state index is 12.4. The molecule has 3 aromatic rings. The molecule has 0 bridgehead atoms. The molecule has 0 radical (unpaired) electrons. The van der Waals surface area contributed by atoms with Crippen LogP contribution in [0.1, 0.15) is 12.6 Å². The molecule has 0 saturated carbocycles. The minimum atomic E-state index is -0.517. The van der Waals surface area contributed by atoms with E-state index in [-0.39, 0.29) is 5.97 Å². The molecule has 26 heavy (non-hydrogen) atoms. The molecule has 0 aliphatic heterocycles. The Morgan fingerprint density at radius 2 is 1.85 bits per heavy atom. The van der Waals surface area contributed by atoms with Gasteiger partial charge in [-0.15, -0.1) is 0 Å². The molecule has 0 aliphatic rings. The minimum absolute atomic E-state index is 0.293. The van der Waals surface area contributed by atoms with Gasteiger partial charge in [0.25, 0.3) is 0 Å². The Balaban J connectivity index is 1.81. The molecule has 1 atom stereocenters. The van der Waals surface area contributed by atoms with Crippen molar-refractivity contribution in [3.05, 3.63) is 66.4 Å². The zero-order valence-electron chi connectivity index (χ0n) is 14.9. The van der Waals surface area contributed by atoms with Gasteiger partial charge in [-0.05, 0) is 43.3 Å². The predicted octanol–water partition coefficient (Wildman–Crippen LogP) is 3.83. The summed E-state index contributed by atoms with van der Waals surface area (Å²) < 4.78 is 10.4. The van der Waals surface area contributed by atoms with E-state index in [1.54, 1.807) is 14.0 Å². The Labute approximate surface area is 153 Å². The number of anilines is 1. The molecular formula is C21H22N2O3. The van der Waals surface area contributed by atoms with E-state index in [0.29, 0.717) is 13.0 Å². The number of hydrogen-bond donors (Lipinski definition) is 1. The van der Waals surface area contributed by atoms with Crippen molar-refractivity contribution in [3.63, 3.8) is 0 Å². The number of esters is 1. The summed E-state index contributed by atoms with van der Waals surface area (Å²) in [6.07, 6.45) is 0.440. The fraction of sp³-hybridized carbons (Fsp3) is 0.238. The van der Waals surface area contributed by atoms with Crippen LogP contribution in [0.4, 0.5) is 5.69 Å². The number of nitrogens with zero attached hydrogens (tertiary/aromatic N) is 1. The number of benzene rings is 2. The maximum Gasteiger partial charge on any atom is 0.328 e. The van der Waals surface area contributed by atoms with Crippen molar-refractivity contribution in [2.45, 2.75) is 19.4 Å². The molecule has 5 heteroatoms. The summed E-state index contributed by atoms with van der Waals surface area (Å²) in [7, 11) is 1.62. The molecule has 0 aliphatic carbocycles. The number of fused-ring (bicyclic) bond motifs is 1. The van der Waals surface area contributed by atoms with Crippen LogP contribution in [0.25, 0.3) is 10.9 Å². The van der Waals surface area contributed by atoms with Crippen LogP contribution in [-0.4, -0.2) is 30.7 Å². The molecule has 134 valence electrons. The average Bonchev–Trinajstić information content (AvgIpc) is 2.68. The lowest BCUT2D eigenvalue weighted by Crippen LogP contribution is -2.33. The second kappa shape index (κ2) is 8.34. The van der Waals surface area contributed by atoms with E-state index in [1.807, 2.05) is 60.7 Å². The summed E-state index contributed by atoms with van der Waals surface area (Å²) >= 11 is 0. The maximum absolute atomic E-state index is 12.4. The van der Waals surface area contributed by atoms with Gasteiger partial charge in [0.05, 0.1) is 19.2 Å². The SMILES string of the molecule is CCOC(=O)C(Cc1ccc2ccccc2n1)Nc1ccc(OC)cc1. The van der Waals surface area contributed by atoms with Crippen molar-refractivity contribution in [1.82, 2.24) is 4.98 Å². The van der Waals surface area contributed by atoms with Gasteiger partial charge in [0.15, 0.2) is 0 Å². The van der Waals surface area contributed by atoms with E-state index in [2.05, 4.69) is 10.3 Å². The summed E-state index contributed by atoms with van der Waals surface area (Å²) in [5.74, 6) is 0.470. The Kier molecular flexibility index (Phi) is 5.69. The number of para-hydroxylation sites is 1. The molecule has 0 fully saturated rings. The van der Waals surface area contributed by atoms with Crippen LogP contribution in [0.3, 0.4) is 0 Å². The van der Waals surface area contributed by atoms with Crippen LogP contribution in [0.2, 0.25) is 0 Å². The first-order valence-electron chi connectivity index (χ1n) is 8.61. The van der Waals surface area contributed by atoms with Crippen LogP contribution in [0.5, 0.6) is 5.75 Å². The third-order valence-electron chi connectivity index (χ3n) is 4.07. The third-order valence-corrected chi connectivity index (χ3v) is 4.07. The standard InChI is InChI=1S/C21H22N2O3/c1-3-26-21(24)20(22-16-10-12-18(25-2)13-11-16)14-17-9-8-15-6-4-5-7-19(15)23-17/h4-13,20,22H,3,14H2,1-2H3. The third kappa shape index (κ3) is 4.30. The highest BCUT2D eigenvalue weighted by molar-refractivity contribution is 5.81. The van der Waals surface area contributed by atoms with Crippen LogP contribution in [-0.2, 0) is 16.0 Å². The number of nitrogens with one attached hydrogen (secondary N) is 1. The monoisotopic (exact) mass is 350 g/mol. The highest BCUT2D eigenvalue weighted by atomic mass is 16.5. The lowest BCUT2D eigenvalue weighted by molar-refractivity contribution is -0.144. The lowest BCUT2D eigenvalue weighted by Gasteiger charge is -2.18. The summed E-state index contributed by atoms with van der Waals surface area (Å²) in [4.78, 5) is 17.1. The summed E-state index contributed by atoms with van der Waals surface area (Å²) in [5.41, 5.74) is 2.57. The highest BCUT2D eigenvalue weighted by Crippen LogP contribution is 2.18. The second-order valence-corrected chi connectivity index (χ2v) is 5.88. The van der Waals surface area contributed by atoms with E-state index < -0.39 is 6.04 Å². The predicted molar refractivity (Wildman–Crippen MR) is 102 cm³/mol. The van der Waals surface area contributed by atoms with E-state index >= 15 is 0 Å². The number of pyridine rings is 1. The molecule has 3 rings (SSSR count). The number of carbonyl (C=O) groups excluding carboxylic acids is 1. The molecule has 5 nitrogen and oxygen atoms in total. The van der Waals surface area contributed by atoms with Crippen LogP contribution >= 0.6 is 0 Å². The fourth-order valence-electron chi connectivity index (χ4n) is 2.76. The van der Waals surface area contributed by atoms with Crippen molar-refractivity contribution < 1.29 is 14.3 Å². The molecule has 2 aromatic carbocycles. The smallest absolute Gasteiger partial charge is 0.328 e. The van der Waals surface area contributed by atoms with E-state index in [9.17, 15) is 4.79 Å². The fourth-order valence-corrected chi connectivity index (χ4v) is 2.76. The summed E-state index contributed by atoms with van der Waals surface area (Å²) in [5, 5.41) is 4.32. The number of aromatic nitrogens is 1. The van der Waals surface area contributed by atoms with Crippen LogP contribution in [0.15, 0.2) is 60.7 Å². The lowest BCUT2D eigenvalue weighted by atomic mass is 10.1. The van der Waals surface area contributed by atoms with E-state index in [0.717, 1.165) is 28.0 Å². The molecule has 0 spiro atoms. The minimum Gasteiger partial charge on any atom is -0.497 e. The molecule has 0 amide bonds. The highest BCUT2D eigenvalue weighted by Gasteiger charge is 2.21. The number of carbonyl (C=O) groups is 1. The van der Waals surface area contributed by atoms with Gasteiger partial charge in [-0.25, -0.2) is 4.79 Å². The van der Waals surface area contributed by atoms with Crippen LogP contribution < -0.4 is 10.1 Å². The van der Waals surface area contributed by atoms with Crippen molar-refractivity contribution in [2.75, 3.05) is 19.0 Å². The Hall–Kier alpha value is -3.08. The Bertz CT molecular complexity index is 878. The van der Waals surface area contributed by atoms with Gasteiger partial charge in [-0.2, -0.15) is 0 Å². The van der Waals surface area contributed by atoms with E-state index in [1.165, 1.54) is 0 Å². The van der Waals surface area contributed by atoms with Crippen molar-refractivity contribution in [1.29, 1.82) is 0 Å². The Morgan fingerprint density at radius 1 is 1.08 bits per heavy atom. The molecule has 1 aromatic heterocycles. The van der Waals surface area contributed by atoms with Gasteiger partial charge < -0.3 is 14.8 Å². The Morgan fingerprint density at radius 3 is 2.58 bits per heavy atom. The quantitative estimate of drug-likeness (QED) is 0.656. The topological polar surface area (TPSA) is 60.5 Å². The normalized spacial score (nSPS) is 11.8.